The molecule has 0 bridgehead atoms. The lowest BCUT2D eigenvalue weighted by Gasteiger charge is -2.31. The van der Waals surface area contributed by atoms with Gasteiger partial charge in [0.15, 0.2) is 0 Å². The molecule has 1 aliphatic heterocycles. The van der Waals surface area contributed by atoms with Crippen LogP contribution in [0.1, 0.15) is 19.3 Å². The summed E-state index contributed by atoms with van der Waals surface area (Å²) in [5.41, 5.74) is 1.07. The van der Waals surface area contributed by atoms with Crippen LogP contribution in [0, 0.1) is 5.92 Å². The molecule has 1 atom stereocenters. The lowest BCUT2D eigenvalue weighted by molar-refractivity contribution is 0.118. The molecule has 0 radical (unpaired) electrons. The Kier molecular flexibility index (Phi) is 6.06. The summed E-state index contributed by atoms with van der Waals surface area (Å²) in [7, 11) is -1.76. The Labute approximate surface area is 149 Å². The summed E-state index contributed by atoms with van der Waals surface area (Å²) in [5, 5.41) is 5.46. The van der Waals surface area contributed by atoms with Gasteiger partial charge in [-0.1, -0.05) is 18.2 Å². The number of aromatic nitrogens is 2. The van der Waals surface area contributed by atoms with Crippen LogP contribution >= 0.6 is 0 Å². The molecule has 1 aromatic heterocycles. The minimum atomic E-state index is -3.42. The molecule has 2 heterocycles. The van der Waals surface area contributed by atoms with Crippen molar-refractivity contribution in [3.8, 4) is 0 Å². The van der Waals surface area contributed by atoms with Gasteiger partial charge in [0.05, 0.1) is 18.3 Å². The standard InChI is InChI=1S/C17H26N4O3S/c1-24-14-15-6-4-10-20(13-15)25(22,23)19-9-5-11-21-17-8-3-2-7-16(17)12-18-21/h2-3,7-8,12,15,19H,4-6,9-11,13-14H2,1H3. The maximum absolute atomic E-state index is 12.5. The number of methoxy groups -OCH3 is 1. The fraction of sp³-hybridized carbons (Fsp3) is 0.588. The molecule has 1 fully saturated rings. The number of hydrogen-bond donors (Lipinski definition) is 1. The van der Waals surface area contributed by atoms with Gasteiger partial charge >= 0.3 is 0 Å². The number of fused-ring (bicyclic) bond motifs is 1. The second-order valence-electron chi connectivity index (χ2n) is 6.50. The summed E-state index contributed by atoms with van der Waals surface area (Å²) < 4.78 is 36.3. The summed E-state index contributed by atoms with van der Waals surface area (Å²) in [6.45, 7) is 2.81. The number of rotatable bonds is 8. The zero-order chi connectivity index (χ0) is 17.7. The summed E-state index contributed by atoms with van der Waals surface area (Å²) in [6, 6.07) is 8.01. The van der Waals surface area contributed by atoms with E-state index in [2.05, 4.69) is 9.82 Å². The predicted octanol–water partition coefficient (Wildman–Crippen LogP) is 1.62. The number of hydrogen-bond acceptors (Lipinski definition) is 4. The molecule has 0 amide bonds. The molecular formula is C17H26N4O3S. The van der Waals surface area contributed by atoms with Crippen LogP contribution in [0.5, 0.6) is 0 Å². The molecular weight excluding hydrogens is 340 g/mol. The Bertz CT molecular complexity index is 788. The van der Waals surface area contributed by atoms with Crippen LogP contribution in [-0.2, 0) is 21.5 Å². The maximum atomic E-state index is 12.5. The highest BCUT2D eigenvalue weighted by atomic mass is 32.2. The van der Waals surface area contributed by atoms with Crippen molar-refractivity contribution in [1.29, 1.82) is 0 Å². The number of benzene rings is 1. The van der Waals surface area contributed by atoms with Gasteiger partial charge in [-0.3, -0.25) is 4.68 Å². The summed E-state index contributed by atoms with van der Waals surface area (Å²) in [4.78, 5) is 0. The minimum Gasteiger partial charge on any atom is -0.384 e. The molecule has 0 saturated carbocycles. The van der Waals surface area contributed by atoms with Crippen molar-refractivity contribution in [2.45, 2.75) is 25.8 Å². The van der Waals surface area contributed by atoms with Gasteiger partial charge in [0.2, 0.25) is 0 Å². The fourth-order valence-electron chi connectivity index (χ4n) is 3.34. The number of nitrogens with zero attached hydrogens (tertiary/aromatic N) is 3. The van der Waals surface area contributed by atoms with E-state index in [1.165, 1.54) is 0 Å². The smallest absolute Gasteiger partial charge is 0.279 e. The van der Waals surface area contributed by atoms with Crippen molar-refractivity contribution in [1.82, 2.24) is 18.8 Å². The van der Waals surface area contributed by atoms with Crippen LogP contribution in [0.25, 0.3) is 10.9 Å². The van der Waals surface area contributed by atoms with Gasteiger partial charge in [0.1, 0.15) is 0 Å². The Morgan fingerprint density at radius 2 is 2.20 bits per heavy atom. The fourth-order valence-corrected chi connectivity index (χ4v) is 4.70. The molecule has 0 spiro atoms. The first-order valence-corrected chi connectivity index (χ1v) is 10.2. The molecule has 0 aliphatic carbocycles. The van der Waals surface area contributed by atoms with Gasteiger partial charge in [-0.05, 0) is 31.2 Å². The highest BCUT2D eigenvalue weighted by Crippen LogP contribution is 2.18. The zero-order valence-corrected chi connectivity index (χ0v) is 15.4. The number of piperidine rings is 1. The van der Waals surface area contributed by atoms with E-state index in [9.17, 15) is 8.42 Å². The normalized spacial score (nSPS) is 19.5. The van der Waals surface area contributed by atoms with Crippen LogP contribution in [0.15, 0.2) is 30.5 Å². The lowest BCUT2D eigenvalue weighted by atomic mass is 10.0. The van der Waals surface area contributed by atoms with Gasteiger partial charge in [-0.25, -0.2) is 4.72 Å². The summed E-state index contributed by atoms with van der Waals surface area (Å²) in [6.07, 6.45) is 4.43. The molecule has 1 aliphatic rings. The number of nitrogens with one attached hydrogen (secondary N) is 1. The van der Waals surface area contributed by atoms with Crippen molar-refractivity contribution < 1.29 is 13.2 Å². The van der Waals surface area contributed by atoms with Crippen molar-refractivity contribution in [2.24, 2.45) is 5.92 Å². The molecule has 7 nitrogen and oxygen atoms in total. The van der Waals surface area contributed by atoms with E-state index < -0.39 is 10.2 Å². The molecule has 3 rings (SSSR count). The monoisotopic (exact) mass is 366 g/mol. The van der Waals surface area contributed by atoms with E-state index in [1.807, 2.05) is 35.1 Å². The summed E-state index contributed by atoms with van der Waals surface area (Å²) in [5.74, 6) is 0.283. The second kappa shape index (κ2) is 8.27. The van der Waals surface area contributed by atoms with E-state index >= 15 is 0 Å². The van der Waals surface area contributed by atoms with Crippen molar-refractivity contribution in [3.05, 3.63) is 30.5 Å². The number of aryl methyl sites for hydroxylation is 1. The number of para-hydroxylation sites is 1. The molecule has 25 heavy (non-hydrogen) atoms. The van der Waals surface area contributed by atoms with E-state index in [0.29, 0.717) is 39.2 Å². The molecule has 2 aromatic rings. The first kappa shape index (κ1) is 18.3. The largest absolute Gasteiger partial charge is 0.384 e. The quantitative estimate of drug-likeness (QED) is 0.720. The highest BCUT2D eigenvalue weighted by Gasteiger charge is 2.28. The molecule has 8 heteroatoms. The molecule has 1 aromatic carbocycles. The molecule has 1 unspecified atom stereocenters. The van der Waals surface area contributed by atoms with E-state index in [1.54, 1.807) is 11.4 Å². The Hall–Kier alpha value is -1.48. The molecule has 1 saturated heterocycles. The Morgan fingerprint density at radius 1 is 1.36 bits per heavy atom. The highest BCUT2D eigenvalue weighted by molar-refractivity contribution is 7.87. The second-order valence-corrected chi connectivity index (χ2v) is 8.26. The maximum Gasteiger partial charge on any atom is 0.279 e. The minimum absolute atomic E-state index is 0.283. The Balaban J connectivity index is 1.49. The third kappa shape index (κ3) is 4.58. The van der Waals surface area contributed by atoms with Gasteiger partial charge in [-0.15, -0.1) is 0 Å². The van der Waals surface area contributed by atoms with Gasteiger partial charge < -0.3 is 4.74 Å². The summed E-state index contributed by atoms with van der Waals surface area (Å²) >= 11 is 0. The van der Waals surface area contributed by atoms with Crippen LogP contribution in [0.4, 0.5) is 0 Å². The predicted molar refractivity (Wildman–Crippen MR) is 97.4 cm³/mol. The van der Waals surface area contributed by atoms with Crippen molar-refractivity contribution in [2.75, 3.05) is 33.4 Å². The number of ether oxygens (including phenoxy) is 1. The first-order valence-electron chi connectivity index (χ1n) is 8.74. The third-order valence-corrected chi connectivity index (χ3v) is 6.19. The van der Waals surface area contributed by atoms with Crippen LogP contribution in [0.3, 0.4) is 0 Å². The first-order chi connectivity index (χ1) is 12.1. The van der Waals surface area contributed by atoms with Crippen molar-refractivity contribution in [3.63, 3.8) is 0 Å². The van der Waals surface area contributed by atoms with E-state index in [-0.39, 0.29) is 5.92 Å². The zero-order valence-electron chi connectivity index (χ0n) is 14.6. The average Bonchev–Trinajstić information content (AvgIpc) is 3.03. The van der Waals surface area contributed by atoms with Crippen LogP contribution < -0.4 is 4.72 Å². The van der Waals surface area contributed by atoms with Crippen LogP contribution in [0.2, 0.25) is 0 Å². The molecule has 1 N–H and O–H groups in total. The molecule has 138 valence electrons. The van der Waals surface area contributed by atoms with Crippen molar-refractivity contribution >= 4 is 21.1 Å². The van der Waals surface area contributed by atoms with Gasteiger partial charge in [0, 0.05) is 38.7 Å². The van der Waals surface area contributed by atoms with Crippen LogP contribution in [-0.4, -0.2) is 55.9 Å². The SMILES string of the molecule is COCC1CCCN(S(=O)(=O)NCCCn2ncc3ccccc32)C1. The topological polar surface area (TPSA) is 76.5 Å². The lowest BCUT2D eigenvalue weighted by Crippen LogP contribution is -2.47. The average molecular weight is 366 g/mol. The van der Waals surface area contributed by atoms with E-state index in [4.69, 9.17) is 4.74 Å². The van der Waals surface area contributed by atoms with Gasteiger partial charge in [-0.2, -0.15) is 17.8 Å². The third-order valence-electron chi connectivity index (χ3n) is 4.61. The van der Waals surface area contributed by atoms with Gasteiger partial charge in [0.25, 0.3) is 10.2 Å². The van der Waals surface area contributed by atoms with E-state index in [0.717, 1.165) is 23.7 Å². The Morgan fingerprint density at radius 3 is 3.04 bits per heavy atom.